The molecule has 2 N–H and O–H groups in total. The Bertz CT molecular complexity index is 1990. The summed E-state index contributed by atoms with van der Waals surface area (Å²) in [5.41, 5.74) is 6.67. The molecule has 0 bridgehead atoms. The molecule has 2 aromatic carbocycles. The molecule has 254 valence electrons. The van der Waals surface area contributed by atoms with Gasteiger partial charge in [0.2, 0.25) is 5.52 Å². The molecule has 1 aliphatic heterocycles. The smallest absolute Gasteiger partial charge is 0.265 e. The minimum Gasteiger partial charge on any atom is -0.494 e. The predicted octanol–water partition coefficient (Wildman–Crippen LogP) is 7.43. The Morgan fingerprint density at radius 3 is 2.40 bits per heavy atom. The highest BCUT2D eigenvalue weighted by Crippen LogP contribution is 2.49. The van der Waals surface area contributed by atoms with E-state index in [1.54, 1.807) is 23.1 Å². The lowest BCUT2D eigenvalue weighted by atomic mass is 9.72. The van der Waals surface area contributed by atoms with E-state index in [1.807, 2.05) is 32.0 Å². The van der Waals surface area contributed by atoms with Crippen LogP contribution in [0.25, 0.3) is 16.3 Å². The maximum atomic E-state index is 11.5. The Morgan fingerprint density at radius 2 is 1.70 bits per heavy atom. The maximum absolute atomic E-state index is 11.5. The predicted molar refractivity (Wildman–Crippen MR) is 191 cm³/mol. The van der Waals surface area contributed by atoms with Gasteiger partial charge < -0.3 is 9.64 Å². The monoisotopic (exact) mass is 719 g/mol. The minimum absolute atomic E-state index is 0.0329. The van der Waals surface area contributed by atoms with E-state index in [2.05, 4.69) is 60.6 Å². The molecule has 0 spiro atoms. The van der Waals surface area contributed by atoms with Crippen molar-refractivity contribution in [1.29, 1.82) is 0 Å². The average molecular weight is 720 g/mol. The molecule has 1 aliphatic carbocycles. The topological polar surface area (TPSA) is 125 Å². The summed E-state index contributed by atoms with van der Waals surface area (Å²) in [6, 6.07) is 12.3. The Kier molecular flexibility index (Phi) is 10.6. The molecular weight excluding hydrogens is 677 g/mol. The molecule has 3 aromatic rings. The Balaban J connectivity index is 1.56. The summed E-state index contributed by atoms with van der Waals surface area (Å²) >= 11 is 3.31. The van der Waals surface area contributed by atoms with E-state index in [-0.39, 0.29) is 23.3 Å². The van der Waals surface area contributed by atoms with E-state index < -0.39 is 20.2 Å². The number of ether oxygens (including phenoxy) is 1. The van der Waals surface area contributed by atoms with Crippen LogP contribution < -0.4 is 14.2 Å². The zero-order valence-corrected chi connectivity index (χ0v) is 30.7. The molecule has 0 radical (unpaired) electrons. The number of allylic oxidation sites excluding steroid dienone is 4. The fraction of sp³-hybridized carbons (Fsp3) is 0.441. The molecule has 1 aromatic heterocycles. The van der Waals surface area contributed by atoms with E-state index in [4.69, 9.17) is 4.74 Å². The van der Waals surface area contributed by atoms with Crippen LogP contribution >= 0.6 is 23.1 Å². The van der Waals surface area contributed by atoms with Gasteiger partial charge in [0, 0.05) is 23.9 Å². The second kappa shape index (κ2) is 14.0. The van der Waals surface area contributed by atoms with Crippen molar-refractivity contribution in [3.63, 3.8) is 0 Å². The number of thioether (sulfide) groups is 1. The molecule has 0 amide bonds. The highest BCUT2D eigenvalue weighted by Gasteiger charge is 2.32. The maximum Gasteiger partial charge on any atom is 0.265 e. The molecule has 5 rings (SSSR count). The van der Waals surface area contributed by atoms with Crippen molar-refractivity contribution in [2.24, 2.45) is 5.41 Å². The van der Waals surface area contributed by atoms with E-state index in [0.717, 1.165) is 55.0 Å². The van der Waals surface area contributed by atoms with Gasteiger partial charge in [-0.05, 0) is 98.1 Å². The fourth-order valence-corrected chi connectivity index (χ4v) is 9.48. The summed E-state index contributed by atoms with van der Waals surface area (Å²) < 4.78 is 73.8. The lowest BCUT2D eigenvalue weighted by Crippen LogP contribution is -2.36. The zero-order valence-electron chi connectivity index (χ0n) is 27.4. The summed E-state index contributed by atoms with van der Waals surface area (Å²) in [4.78, 5) is 3.27. The Labute approximate surface area is 286 Å². The number of benzene rings is 2. The first-order chi connectivity index (χ1) is 22.0. The number of aryl methyl sites for hydroxylation is 2. The number of hydrogen-bond donors (Lipinski definition) is 2. The number of anilines is 1. The third-order valence-corrected chi connectivity index (χ3v) is 12.2. The van der Waals surface area contributed by atoms with Gasteiger partial charge in [0.15, 0.2) is 6.54 Å². The number of fused-ring (bicyclic) bond motifs is 2. The van der Waals surface area contributed by atoms with Crippen LogP contribution in [0.15, 0.2) is 69.1 Å². The number of nitrogens with zero attached hydrogens (tertiary/aromatic N) is 2. The van der Waals surface area contributed by atoms with Crippen molar-refractivity contribution in [3.8, 4) is 5.75 Å². The Morgan fingerprint density at radius 1 is 0.979 bits per heavy atom. The van der Waals surface area contributed by atoms with Crippen molar-refractivity contribution < 1.29 is 35.2 Å². The lowest BCUT2D eigenvalue weighted by Gasteiger charge is -2.33. The summed E-state index contributed by atoms with van der Waals surface area (Å²) in [5.74, 6) is 0.133. The van der Waals surface area contributed by atoms with Gasteiger partial charge in [-0.2, -0.15) is 21.4 Å². The molecule has 2 aliphatic rings. The van der Waals surface area contributed by atoms with Crippen LogP contribution in [-0.2, 0) is 26.8 Å². The van der Waals surface area contributed by atoms with Gasteiger partial charge in [0.05, 0.1) is 34.9 Å². The van der Waals surface area contributed by atoms with Crippen molar-refractivity contribution in [1.82, 2.24) is 0 Å². The normalized spacial score (nSPS) is 18.5. The summed E-state index contributed by atoms with van der Waals surface area (Å²) in [6.07, 6.45) is 6.75. The number of hydrogen-bond acceptors (Lipinski definition) is 8. The van der Waals surface area contributed by atoms with E-state index in [9.17, 15) is 25.9 Å². The highest BCUT2D eigenvalue weighted by atomic mass is 32.2. The van der Waals surface area contributed by atoms with Gasteiger partial charge in [-0.25, -0.2) is 0 Å². The second-order valence-electron chi connectivity index (χ2n) is 13.0. The van der Waals surface area contributed by atoms with Crippen LogP contribution in [0.3, 0.4) is 0 Å². The van der Waals surface area contributed by atoms with Gasteiger partial charge in [0.1, 0.15) is 10.4 Å². The SMILES string of the molecule is CCOc1ccc2sc(C=C3CC(C)(C)CC(C=C4Sc5ccc(C)cc5N4CCCS(=O)(=O)O)=C3C)[n+](CCCS(=O)(=O)O)c2c1. The molecular formula is C34H43N2O7S4+. The van der Waals surface area contributed by atoms with Crippen molar-refractivity contribution >= 4 is 65.3 Å². The first-order valence-corrected chi connectivity index (χ1v) is 20.5. The fourth-order valence-electron chi connectivity index (χ4n) is 6.22. The lowest BCUT2D eigenvalue weighted by molar-refractivity contribution is -0.668. The molecule has 0 saturated heterocycles. The number of aromatic nitrogens is 1. The van der Waals surface area contributed by atoms with Crippen LogP contribution in [-0.4, -0.2) is 50.6 Å². The van der Waals surface area contributed by atoms with Crippen LogP contribution in [0, 0.1) is 12.3 Å². The first-order valence-electron chi connectivity index (χ1n) is 15.7. The zero-order chi connectivity index (χ0) is 34.1. The molecule has 13 heteroatoms. The van der Waals surface area contributed by atoms with E-state index in [1.165, 1.54) is 16.7 Å². The molecule has 2 heterocycles. The Hall–Kier alpha value is -2.68. The summed E-state index contributed by atoms with van der Waals surface area (Å²) in [6.45, 7) is 12.1. The van der Waals surface area contributed by atoms with Crippen molar-refractivity contribution in [2.45, 2.75) is 71.7 Å². The number of thiazole rings is 1. The van der Waals surface area contributed by atoms with Gasteiger partial charge in [0.25, 0.3) is 25.2 Å². The average Bonchev–Trinajstić information content (AvgIpc) is 3.46. The third-order valence-electron chi connectivity index (χ3n) is 8.36. The van der Waals surface area contributed by atoms with Gasteiger partial charge >= 0.3 is 0 Å². The van der Waals surface area contributed by atoms with E-state index >= 15 is 0 Å². The van der Waals surface area contributed by atoms with Gasteiger partial charge in [-0.1, -0.05) is 43.0 Å². The molecule has 9 nitrogen and oxygen atoms in total. The third kappa shape index (κ3) is 9.07. The van der Waals surface area contributed by atoms with Crippen LogP contribution in [0.5, 0.6) is 5.75 Å². The largest absolute Gasteiger partial charge is 0.494 e. The standard InChI is InChI=1S/C34H42N2O7S4/c1-6-43-27-10-12-31-29(20-27)36(14-8-16-47(40,41)42)33(45-31)19-26-22-34(4,5)21-25(24(26)3)18-32-35(13-7-15-46(37,38)39)28-17-23(2)9-11-30(28)44-32/h9-12,17-20H,6-8,13-16,21-22H2,1-5H3,(H-,37,38,39,40,41,42)/p+1. The molecule has 0 atom stereocenters. The van der Waals surface area contributed by atoms with Gasteiger partial charge in [-0.3, -0.25) is 9.11 Å². The molecule has 0 saturated carbocycles. The quantitative estimate of drug-likeness (QED) is 0.145. The second-order valence-corrected chi connectivity index (χ2v) is 18.2. The molecule has 0 fully saturated rings. The van der Waals surface area contributed by atoms with Crippen LogP contribution in [0.2, 0.25) is 0 Å². The number of rotatable bonds is 12. The van der Waals surface area contributed by atoms with Crippen molar-refractivity contribution in [3.05, 3.63) is 74.8 Å². The summed E-state index contributed by atoms with van der Waals surface area (Å²) in [5, 5.41) is 2.02. The van der Waals surface area contributed by atoms with E-state index in [0.29, 0.717) is 26.1 Å². The van der Waals surface area contributed by atoms with Crippen molar-refractivity contribution in [2.75, 3.05) is 29.6 Å². The van der Waals surface area contributed by atoms with Crippen LogP contribution in [0.1, 0.15) is 63.9 Å². The highest BCUT2D eigenvalue weighted by molar-refractivity contribution is 8.03. The molecule has 47 heavy (non-hydrogen) atoms. The van der Waals surface area contributed by atoms with Crippen LogP contribution in [0.4, 0.5) is 5.69 Å². The molecule has 0 unspecified atom stereocenters. The first kappa shape index (κ1) is 35.6. The summed E-state index contributed by atoms with van der Waals surface area (Å²) in [7, 11) is -8.14. The minimum atomic E-state index is -4.08. The van der Waals surface area contributed by atoms with Gasteiger partial charge in [-0.15, -0.1) is 0 Å².